The molecule has 14 heavy (non-hydrogen) atoms. The standard InChI is InChI=1S/C9H18O3S2/c1-2-3-4-10-5-6-11-7-8-12-9(13)14/h2-8H2,1H3,(H,13,14). The first-order chi connectivity index (χ1) is 6.77. The van der Waals surface area contributed by atoms with Crippen LogP contribution in [0.1, 0.15) is 19.8 Å². The summed E-state index contributed by atoms with van der Waals surface area (Å²) in [5.41, 5.74) is 0. The fourth-order valence-electron chi connectivity index (χ4n) is 0.756. The van der Waals surface area contributed by atoms with Gasteiger partial charge < -0.3 is 14.2 Å². The van der Waals surface area contributed by atoms with Crippen molar-refractivity contribution >= 4 is 29.2 Å². The predicted octanol–water partition coefficient (Wildman–Crippen LogP) is 2.05. The number of hydrogen-bond donors (Lipinski definition) is 1. The molecular formula is C9H18O3S2. The van der Waals surface area contributed by atoms with Crippen LogP contribution in [0.15, 0.2) is 0 Å². The number of unbranched alkanes of at least 4 members (excludes halogenated alkanes) is 1. The molecule has 5 heteroatoms. The van der Waals surface area contributed by atoms with Crippen molar-refractivity contribution in [1.29, 1.82) is 0 Å². The van der Waals surface area contributed by atoms with Crippen LogP contribution in [0.25, 0.3) is 0 Å². The van der Waals surface area contributed by atoms with Crippen molar-refractivity contribution in [2.75, 3.05) is 33.0 Å². The van der Waals surface area contributed by atoms with E-state index in [1.165, 1.54) is 0 Å². The molecule has 0 aromatic rings. The van der Waals surface area contributed by atoms with E-state index in [0.717, 1.165) is 19.4 Å². The summed E-state index contributed by atoms with van der Waals surface area (Å²) in [7, 11) is 0. The molecule has 0 aliphatic carbocycles. The van der Waals surface area contributed by atoms with Gasteiger partial charge in [0.15, 0.2) is 0 Å². The van der Waals surface area contributed by atoms with Gasteiger partial charge in [0.05, 0.1) is 19.8 Å². The zero-order chi connectivity index (χ0) is 10.6. The van der Waals surface area contributed by atoms with Crippen molar-refractivity contribution < 1.29 is 14.2 Å². The van der Waals surface area contributed by atoms with Crippen LogP contribution in [-0.4, -0.2) is 37.4 Å². The highest BCUT2D eigenvalue weighted by atomic mass is 32.1. The van der Waals surface area contributed by atoms with Crippen molar-refractivity contribution in [3.63, 3.8) is 0 Å². The average molecular weight is 238 g/mol. The van der Waals surface area contributed by atoms with E-state index in [1.54, 1.807) is 0 Å². The average Bonchev–Trinajstić information content (AvgIpc) is 2.15. The third kappa shape index (κ3) is 12.2. The minimum atomic E-state index is 0.257. The topological polar surface area (TPSA) is 27.7 Å². The van der Waals surface area contributed by atoms with E-state index in [9.17, 15) is 0 Å². The van der Waals surface area contributed by atoms with Gasteiger partial charge in [-0.05, 0) is 18.6 Å². The van der Waals surface area contributed by atoms with E-state index in [0.29, 0.717) is 26.4 Å². The summed E-state index contributed by atoms with van der Waals surface area (Å²) in [5, 5.41) is 0. The zero-order valence-electron chi connectivity index (χ0n) is 8.53. The quantitative estimate of drug-likeness (QED) is 0.378. The van der Waals surface area contributed by atoms with Crippen molar-refractivity contribution in [1.82, 2.24) is 0 Å². The molecule has 0 amide bonds. The first-order valence-electron chi connectivity index (χ1n) is 4.78. The van der Waals surface area contributed by atoms with Crippen molar-refractivity contribution in [2.45, 2.75) is 19.8 Å². The van der Waals surface area contributed by atoms with Gasteiger partial charge in [-0.1, -0.05) is 26.0 Å². The Morgan fingerprint density at radius 3 is 2.21 bits per heavy atom. The normalized spacial score (nSPS) is 10.1. The lowest BCUT2D eigenvalue weighted by Crippen LogP contribution is -2.10. The predicted molar refractivity (Wildman–Crippen MR) is 64.1 cm³/mol. The van der Waals surface area contributed by atoms with Gasteiger partial charge in [0, 0.05) is 6.61 Å². The number of rotatable bonds is 9. The Balaban J connectivity index is 2.88. The first kappa shape index (κ1) is 14.2. The molecule has 0 aliphatic heterocycles. The summed E-state index contributed by atoms with van der Waals surface area (Å²) < 4.78 is 15.7. The molecule has 3 nitrogen and oxygen atoms in total. The van der Waals surface area contributed by atoms with Crippen LogP contribution in [0.3, 0.4) is 0 Å². The molecule has 0 aromatic carbocycles. The Bertz CT molecular complexity index is 142. The molecule has 0 unspecified atom stereocenters. The highest BCUT2D eigenvalue weighted by Gasteiger charge is 1.91. The van der Waals surface area contributed by atoms with E-state index in [1.807, 2.05) is 0 Å². The fourth-order valence-corrected chi connectivity index (χ4v) is 0.931. The summed E-state index contributed by atoms with van der Waals surface area (Å²) in [6, 6.07) is 0. The Kier molecular flexibility index (Phi) is 11.4. The molecule has 0 heterocycles. The lowest BCUT2D eigenvalue weighted by atomic mass is 10.4. The van der Waals surface area contributed by atoms with Crippen LogP contribution >= 0.6 is 24.8 Å². The largest absolute Gasteiger partial charge is 0.476 e. The number of thiol groups is 1. The van der Waals surface area contributed by atoms with Gasteiger partial charge >= 0.3 is 0 Å². The number of ether oxygens (including phenoxy) is 3. The summed E-state index contributed by atoms with van der Waals surface area (Å²) >= 11 is 8.41. The van der Waals surface area contributed by atoms with E-state index in [4.69, 9.17) is 14.2 Å². The minimum absolute atomic E-state index is 0.257. The zero-order valence-corrected chi connectivity index (χ0v) is 10.2. The monoisotopic (exact) mass is 238 g/mol. The summed E-state index contributed by atoms with van der Waals surface area (Å²) in [4.78, 5) is 0. The molecule has 0 N–H and O–H groups in total. The Labute approximate surface area is 96.5 Å². The highest BCUT2D eigenvalue weighted by Crippen LogP contribution is 1.89. The first-order valence-corrected chi connectivity index (χ1v) is 5.64. The summed E-state index contributed by atoms with van der Waals surface area (Å²) in [6.45, 7) is 5.18. The van der Waals surface area contributed by atoms with Gasteiger partial charge in [-0.3, -0.25) is 0 Å². The Morgan fingerprint density at radius 2 is 1.64 bits per heavy atom. The Morgan fingerprint density at radius 1 is 1.07 bits per heavy atom. The molecule has 84 valence electrons. The summed E-state index contributed by atoms with van der Waals surface area (Å²) in [5.74, 6) is 0. The lowest BCUT2D eigenvalue weighted by molar-refractivity contribution is 0.0351. The summed E-state index contributed by atoms with van der Waals surface area (Å²) in [6.07, 6.45) is 2.27. The van der Waals surface area contributed by atoms with Crippen LogP contribution in [0.4, 0.5) is 0 Å². The number of thiocarbonyl (C=S) groups is 1. The molecule has 0 spiro atoms. The highest BCUT2D eigenvalue weighted by molar-refractivity contribution is 8.10. The van der Waals surface area contributed by atoms with E-state index in [-0.39, 0.29) is 4.38 Å². The van der Waals surface area contributed by atoms with Gasteiger partial charge in [0.1, 0.15) is 6.61 Å². The van der Waals surface area contributed by atoms with Crippen LogP contribution in [0, 0.1) is 0 Å². The molecule has 0 fully saturated rings. The van der Waals surface area contributed by atoms with E-state index in [2.05, 4.69) is 31.8 Å². The lowest BCUT2D eigenvalue weighted by Gasteiger charge is -2.05. The molecule has 0 saturated carbocycles. The van der Waals surface area contributed by atoms with Gasteiger partial charge in [0.25, 0.3) is 0 Å². The molecule has 0 radical (unpaired) electrons. The van der Waals surface area contributed by atoms with Crippen molar-refractivity contribution in [2.24, 2.45) is 0 Å². The Hall–Kier alpha value is 0.160. The van der Waals surface area contributed by atoms with Crippen molar-refractivity contribution in [3.05, 3.63) is 0 Å². The van der Waals surface area contributed by atoms with Gasteiger partial charge in [-0.25, -0.2) is 0 Å². The molecule has 0 rings (SSSR count). The second kappa shape index (κ2) is 11.2. The second-order valence-electron chi connectivity index (χ2n) is 2.69. The van der Waals surface area contributed by atoms with Crippen LogP contribution < -0.4 is 0 Å². The van der Waals surface area contributed by atoms with Gasteiger partial charge in [0.2, 0.25) is 4.38 Å². The van der Waals surface area contributed by atoms with E-state index < -0.39 is 0 Å². The second-order valence-corrected chi connectivity index (χ2v) is 3.77. The maximum absolute atomic E-state index is 5.30. The van der Waals surface area contributed by atoms with Crippen LogP contribution in [0.5, 0.6) is 0 Å². The molecule has 0 saturated heterocycles. The van der Waals surface area contributed by atoms with Gasteiger partial charge in [-0.2, -0.15) is 0 Å². The van der Waals surface area contributed by atoms with Crippen LogP contribution in [-0.2, 0) is 14.2 Å². The molecule has 0 aliphatic rings. The molecule has 0 atom stereocenters. The maximum atomic E-state index is 5.30. The maximum Gasteiger partial charge on any atom is 0.216 e. The molecule has 0 aromatic heterocycles. The molecular weight excluding hydrogens is 220 g/mol. The smallest absolute Gasteiger partial charge is 0.216 e. The fraction of sp³-hybridized carbons (Fsp3) is 0.889. The number of hydrogen-bond acceptors (Lipinski definition) is 4. The van der Waals surface area contributed by atoms with E-state index >= 15 is 0 Å². The molecule has 0 bridgehead atoms. The third-order valence-corrected chi connectivity index (χ3v) is 1.71. The van der Waals surface area contributed by atoms with Gasteiger partial charge in [-0.15, -0.1) is 0 Å². The minimum Gasteiger partial charge on any atom is -0.476 e. The van der Waals surface area contributed by atoms with Crippen molar-refractivity contribution in [3.8, 4) is 0 Å². The third-order valence-electron chi connectivity index (χ3n) is 1.47. The van der Waals surface area contributed by atoms with Crippen LogP contribution in [0.2, 0.25) is 0 Å². The SMILES string of the molecule is CCCCOCCOCCOC(=S)S.